The summed E-state index contributed by atoms with van der Waals surface area (Å²) < 4.78 is 125. The summed E-state index contributed by atoms with van der Waals surface area (Å²) in [4.78, 5) is 5.03. The third-order valence-corrected chi connectivity index (χ3v) is 40.6. The van der Waals surface area contributed by atoms with Crippen LogP contribution >= 0.6 is 245 Å². The molecule has 0 N–H and O–H groups in total. The first-order chi connectivity index (χ1) is 60.5. The molecule has 0 amide bonds. The molecule has 0 aliphatic rings. The van der Waals surface area contributed by atoms with E-state index < -0.39 is 30.1 Å². The van der Waals surface area contributed by atoms with Crippen LogP contribution in [0, 0.1) is 32.1 Å². The van der Waals surface area contributed by atoms with Gasteiger partial charge in [-0.05, 0) is 409 Å². The Hall–Kier alpha value is -6.25. The van der Waals surface area contributed by atoms with Crippen LogP contribution in [0.3, 0.4) is 0 Å². The van der Waals surface area contributed by atoms with Crippen LogP contribution in [0.2, 0.25) is 0 Å². The lowest BCUT2D eigenvalue weighted by Gasteiger charge is -2.14. The van der Waals surface area contributed by atoms with E-state index >= 15 is 0 Å². The number of ether oxygens (including phenoxy) is 4. The normalized spacial score (nSPS) is 11.6. The van der Waals surface area contributed by atoms with Gasteiger partial charge in [-0.2, -0.15) is 26.3 Å². The Kier molecular flexibility index (Phi) is 29.2. The number of rotatable bonds is 16. The van der Waals surface area contributed by atoms with Crippen LogP contribution in [0.1, 0.15) is 33.4 Å². The molecule has 622 valence electrons. The van der Waals surface area contributed by atoms with Crippen LogP contribution in [0.25, 0.3) is 100 Å². The fraction of sp³-hybridized carbons (Fsp3) is 0.0588. The highest BCUT2D eigenvalue weighted by Crippen LogP contribution is 2.53. The van der Waals surface area contributed by atoms with Crippen molar-refractivity contribution in [3.05, 3.63) is 411 Å². The van der Waals surface area contributed by atoms with E-state index in [4.69, 9.17) is 18.9 Å². The SMILES string of the molecule is FC(F)(F)c1cc(COc2ccc(-[s+]3c4ccccc4c4ccccc43)cc2)cc(C(F)(F)F)c1.Ic1cc(I)c(COc2ccc(-[s+]3c4ccccc4c4ccccc43)cc2)c(I)c1.Ic1cc(I)c(I)c(COc2ccc(-[s+]3c4ccccc4c4ccccc43)cc2)c1.Ic1ccc(I)c(COc2ccc(-[s+]3c4ccccc4c4ccccc43)cc2)c1I. The molecular formula is C102H65F6I9O4S4+4. The zero-order chi connectivity index (χ0) is 86.8. The van der Waals surface area contributed by atoms with Gasteiger partial charge >= 0.3 is 12.4 Å². The molecule has 20 rings (SSSR count). The topological polar surface area (TPSA) is 36.9 Å². The second kappa shape index (κ2) is 40.2. The van der Waals surface area contributed by atoms with Crippen molar-refractivity contribution in [2.75, 3.05) is 0 Å². The Labute approximate surface area is 851 Å². The summed E-state index contributed by atoms with van der Waals surface area (Å²) in [6, 6.07) is 117. The fourth-order valence-corrected chi connectivity index (χ4v) is 33.1. The van der Waals surface area contributed by atoms with Gasteiger partial charge in [-0.1, -0.05) is 97.1 Å². The van der Waals surface area contributed by atoms with Gasteiger partial charge < -0.3 is 18.9 Å². The average Bonchev–Trinajstić information content (AvgIpc) is 1.60. The molecule has 0 aliphatic carbocycles. The number of hydrogen-bond donors (Lipinski definition) is 0. The Morgan fingerprint density at radius 2 is 0.480 bits per heavy atom. The number of fused-ring (bicyclic) bond motifs is 12. The molecule has 0 saturated heterocycles. The molecule has 0 atom stereocenters. The lowest BCUT2D eigenvalue weighted by atomic mass is 10.1. The van der Waals surface area contributed by atoms with Crippen LogP contribution < -0.4 is 18.9 Å². The quantitative estimate of drug-likeness (QED) is 0.0418. The minimum absolute atomic E-state index is 0.0573. The van der Waals surface area contributed by atoms with Gasteiger partial charge in [0.05, 0.1) is 11.1 Å². The van der Waals surface area contributed by atoms with E-state index in [1.807, 2.05) is 36.4 Å². The van der Waals surface area contributed by atoms with Crippen LogP contribution in [-0.4, -0.2) is 0 Å². The number of halogens is 15. The summed E-state index contributed by atoms with van der Waals surface area (Å²) in [5.41, 5.74) is 0.809. The lowest BCUT2D eigenvalue weighted by Crippen LogP contribution is -2.12. The summed E-state index contributed by atoms with van der Waals surface area (Å²) >= 11 is 21.5. The third-order valence-electron chi connectivity index (χ3n) is 20.8. The molecule has 16 aromatic carbocycles. The second-order valence-electron chi connectivity index (χ2n) is 28.7. The third kappa shape index (κ3) is 20.3. The zero-order valence-electron chi connectivity index (χ0n) is 65.2. The van der Waals surface area contributed by atoms with Crippen molar-refractivity contribution >= 4 is 326 Å². The smallest absolute Gasteiger partial charge is 0.416 e. The number of benzene rings is 16. The summed E-state index contributed by atoms with van der Waals surface area (Å²) in [5, 5.41) is 10.5. The maximum Gasteiger partial charge on any atom is 0.416 e. The first-order valence-corrected chi connectivity index (χ1v) is 53.4. The van der Waals surface area contributed by atoms with Crippen molar-refractivity contribution in [3.8, 4) is 42.6 Å². The Morgan fingerprint density at radius 3 is 0.784 bits per heavy atom. The van der Waals surface area contributed by atoms with Crippen LogP contribution in [0.15, 0.2) is 346 Å². The maximum atomic E-state index is 13.1. The van der Waals surface area contributed by atoms with E-state index in [1.54, 1.807) is 12.1 Å². The average molecular weight is 2740 g/mol. The highest BCUT2D eigenvalue weighted by Gasteiger charge is 2.38. The molecule has 0 radical (unpaired) electrons. The van der Waals surface area contributed by atoms with Crippen LogP contribution in [0.4, 0.5) is 26.3 Å². The molecule has 0 bridgehead atoms. The van der Waals surface area contributed by atoms with E-state index in [0.717, 1.165) is 22.1 Å². The highest BCUT2D eigenvalue weighted by atomic mass is 127. The molecule has 0 aliphatic heterocycles. The molecule has 4 heterocycles. The van der Waals surface area contributed by atoms with E-state index in [1.165, 1.54) is 144 Å². The van der Waals surface area contributed by atoms with Gasteiger partial charge in [-0.25, -0.2) is 0 Å². The molecule has 125 heavy (non-hydrogen) atoms. The van der Waals surface area contributed by atoms with Crippen molar-refractivity contribution < 1.29 is 45.3 Å². The predicted octanol–water partition coefficient (Wildman–Crippen LogP) is 36.7. The van der Waals surface area contributed by atoms with Gasteiger partial charge in [-0.15, -0.1) is 0 Å². The highest BCUT2D eigenvalue weighted by molar-refractivity contribution is 14.1. The molecule has 4 aromatic heterocycles. The van der Waals surface area contributed by atoms with Gasteiger partial charge in [0.15, 0.2) is 57.2 Å². The minimum atomic E-state index is -4.90. The fourth-order valence-electron chi connectivity index (χ4n) is 15.0. The van der Waals surface area contributed by atoms with Crippen molar-refractivity contribution in [2.24, 2.45) is 0 Å². The number of hydrogen-bond acceptors (Lipinski definition) is 4. The van der Waals surface area contributed by atoms with E-state index in [-0.39, 0.29) is 53.5 Å². The van der Waals surface area contributed by atoms with Crippen molar-refractivity contribution in [1.29, 1.82) is 0 Å². The zero-order valence-corrected chi connectivity index (χ0v) is 87.9. The molecule has 4 nitrogen and oxygen atoms in total. The van der Waals surface area contributed by atoms with E-state index in [9.17, 15) is 26.3 Å². The Bertz CT molecular complexity index is 7130. The lowest BCUT2D eigenvalue weighted by molar-refractivity contribution is -0.143. The van der Waals surface area contributed by atoms with Crippen LogP contribution in [-0.2, 0) is 38.8 Å². The van der Waals surface area contributed by atoms with Gasteiger partial charge in [0, 0.05) is 182 Å². The minimum Gasteiger partial charge on any atom is -0.489 e. The largest absolute Gasteiger partial charge is 0.489 e. The van der Waals surface area contributed by atoms with Crippen molar-refractivity contribution in [1.82, 2.24) is 0 Å². The molecule has 0 fully saturated rings. The first kappa shape index (κ1) is 90.7. The summed E-state index contributed by atoms with van der Waals surface area (Å²) in [6.45, 7) is 1.33. The molecule has 0 unspecified atom stereocenters. The van der Waals surface area contributed by atoms with Gasteiger partial charge in [0.25, 0.3) is 0 Å². The molecule has 20 aromatic rings. The van der Waals surface area contributed by atoms with Gasteiger partial charge in [-0.3, -0.25) is 0 Å². The monoisotopic (exact) mass is 2740 g/mol. The molecule has 0 saturated carbocycles. The van der Waals surface area contributed by atoms with E-state index in [0.29, 0.717) is 37.7 Å². The summed E-state index contributed by atoms with van der Waals surface area (Å²) in [5.74, 6) is 3.08. The standard InChI is InChI=1S/C27H17F6OS.3C25H16I3OS/c28-26(29,30)18-13-17(14-19(15-18)27(31,32)33)16-34-20-9-11-21(12-10-20)35-24-7-3-1-5-22(24)23-6-2-4-8-25(23)35;26-17-13-16(25(28)22(27)14-17)15-29-18-9-11-19(12-10-18)30-23-7-3-1-5-20(23)21-6-2-4-8-24(21)30;26-16-13-22(27)21(23(28)14-16)15-29-17-9-11-18(12-10-17)30-24-7-3-1-5-19(24)20-6-2-4-8-25(20)30;26-21-13-14-22(27)25(28)20(21)15-29-16-9-11-17(12-10-16)30-23-7-3-1-5-18(23)19-6-2-4-8-24(19)30/h1-15H,16H2;3*1-14H,15H2/q4*+1. The number of alkyl halides is 6. The van der Waals surface area contributed by atoms with Crippen molar-refractivity contribution in [2.45, 2.75) is 38.8 Å². The first-order valence-electron chi connectivity index (χ1n) is 38.8. The van der Waals surface area contributed by atoms with E-state index in [2.05, 4.69) is 482 Å². The maximum absolute atomic E-state index is 13.1. The Morgan fingerprint density at radius 1 is 0.224 bits per heavy atom. The van der Waals surface area contributed by atoms with Gasteiger partial charge in [0.2, 0.25) is 0 Å². The number of thiophene rings is 4. The van der Waals surface area contributed by atoms with Gasteiger partial charge in [0.1, 0.15) is 49.4 Å². The summed E-state index contributed by atoms with van der Waals surface area (Å²) in [7, 11) is -0.493. The van der Waals surface area contributed by atoms with Crippen molar-refractivity contribution in [3.63, 3.8) is 0 Å². The summed E-state index contributed by atoms with van der Waals surface area (Å²) in [6.07, 6.45) is -9.79. The molecule has 0 spiro atoms. The van der Waals surface area contributed by atoms with Crippen LogP contribution in [0.5, 0.6) is 23.0 Å². The molecular weight excluding hydrogens is 2670 g/mol. The second-order valence-corrected chi connectivity index (χ2v) is 47.0. The predicted molar refractivity (Wildman–Crippen MR) is 589 cm³/mol. The molecule has 23 heteroatoms. The Balaban J connectivity index is 0.000000118.